The van der Waals surface area contributed by atoms with Crippen molar-refractivity contribution < 1.29 is 34.2 Å². The molecule has 0 fully saturated rings. The van der Waals surface area contributed by atoms with Crippen molar-refractivity contribution in [1.29, 1.82) is 0 Å². The van der Waals surface area contributed by atoms with Gasteiger partial charge in [-0.05, 0) is 32.1 Å². The molecule has 0 amide bonds. The summed E-state index contributed by atoms with van der Waals surface area (Å²) < 4.78 is 0.596. The number of unbranched alkanes of at least 4 members (excludes halogenated alkanes) is 5. The van der Waals surface area contributed by atoms with E-state index in [4.69, 9.17) is 0 Å². The molecular weight excluding hydrogens is 422 g/mol. The fraction of sp³-hybridized carbons (Fsp3) is 0.808. The average molecular weight is 471 g/mol. The summed E-state index contributed by atoms with van der Waals surface area (Å²) in [6.07, 6.45) is 13.7. The first kappa shape index (κ1) is 31.1. The van der Waals surface area contributed by atoms with Gasteiger partial charge in [-0.2, -0.15) is 0 Å². The van der Waals surface area contributed by atoms with Crippen molar-refractivity contribution in [1.82, 2.24) is 0 Å². The molecule has 0 heterocycles. The van der Waals surface area contributed by atoms with Crippen LogP contribution in [0.25, 0.3) is 0 Å². The highest BCUT2D eigenvalue weighted by Gasteiger charge is 2.31. The number of carbonyl (C=O) groups is 3. The van der Waals surface area contributed by atoms with E-state index in [9.17, 15) is 29.7 Å². The third-order valence-electron chi connectivity index (χ3n) is 6.77. The number of nitrogens with zero attached hydrogens (tertiary/aromatic N) is 1. The molecule has 33 heavy (non-hydrogen) atoms. The molecule has 0 aromatic carbocycles. The number of hydrogen-bond donors (Lipinski definition) is 3. The van der Waals surface area contributed by atoms with Crippen molar-refractivity contribution in [3.05, 3.63) is 12.2 Å². The first-order valence-electron chi connectivity index (χ1n) is 12.7. The van der Waals surface area contributed by atoms with Gasteiger partial charge in [0.25, 0.3) is 0 Å². The maximum atomic E-state index is 11.4. The van der Waals surface area contributed by atoms with E-state index in [1.807, 2.05) is 0 Å². The quantitative estimate of drug-likeness (QED) is 0.117. The van der Waals surface area contributed by atoms with Gasteiger partial charge in [-0.15, -0.1) is 0 Å². The van der Waals surface area contributed by atoms with Crippen molar-refractivity contribution in [3.8, 4) is 0 Å². The van der Waals surface area contributed by atoms with Gasteiger partial charge in [-0.1, -0.05) is 52.7 Å². The van der Waals surface area contributed by atoms with E-state index in [1.54, 1.807) is 20.8 Å². The Kier molecular flexibility index (Phi) is 16.6. The standard InChI is InChI=1S/C26H47NO6/c1-5-6-7-8-9-10-11-12-13-17-27(18-14-21(2)24(28)29,19-15-22(3)25(30)31)20-16-23(4)26(32)33/h8-9,21-23H,5-7,10-20H2,1-4H3,(H2-,28,29,30,31,32,33)/p+1/b9-8+. The maximum Gasteiger partial charge on any atom is 0.306 e. The fourth-order valence-corrected chi connectivity index (χ4v) is 3.89. The minimum atomic E-state index is -0.833. The van der Waals surface area contributed by atoms with Gasteiger partial charge in [0, 0.05) is 19.3 Å². The van der Waals surface area contributed by atoms with Crippen molar-refractivity contribution in [2.24, 2.45) is 17.8 Å². The Bertz CT molecular complexity index is 544. The first-order chi connectivity index (χ1) is 15.5. The van der Waals surface area contributed by atoms with Crippen LogP contribution in [0.1, 0.15) is 91.9 Å². The summed E-state index contributed by atoms with van der Waals surface area (Å²) in [4.78, 5) is 34.2. The highest BCUT2D eigenvalue weighted by atomic mass is 16.4. The number of allylic oxidation sites excluding steroid dienone is 2. The molecule has 7 nitrogen and oxygen atoms in total. The van der Waals surface area contributed by atoms with E-state index < -0.39 is 35.7 Å². The van der Waals surface area contributed by atoms with Gasteiger partial charge in [-0.3, -0.25) is 14.4 Å². The molecule has 3 atom stereocenters. The number of carboxylic acids is 3. The van der Waals surface area contributed by atoms with Crippen LogP contribution < -0.4 is 0 Å². The molecule has 0 radical (unpaired) electrons. The molecule has 0 aliphatic carbocycles. The summed E-state index contributed by atoms with van der Waals surface area (Å²) in [6.45, 7) is 9.98. The van der Waals surface area contributed by atoms with E-state index in [0.29, 0.717) is 43.4 Å². The molecule has 0 aromatic rings. The Balaban J connectivity index is 5.20. The molecule has 0 saturated carbocycles. The minimum Gasteiger partial charge on any atom is -0.481 e. The summed E-state index contributed by atoms with van der Waals surface area (Å²) in [5, 5.41) is 28.0. The molecular formula is C26H48NO6+. The maximum absolute atomic E-state index is 11.4. The molecule has 192 valence electrons. The molecule has 0 saturated heterocycles. The van der Waals surface area contributed by atoms with Gasteiger partial charge >= 0.3 is 17.9 Å². The summed E-state index contributed by atoms with van der Waals surface area (Å²) in [6, 6.07) is 0. The smallest absolute Gasteiger partial charge is 0.306 e. The van der Waals surface area contributed by atoms with Gasteiger partial charge < -0.3 is 19.8 Å². The third-order valence-corrected chi connectivity index (χ3v) is 6.77. The van der Waals surface area contributed by atoms with E-state index >= 15 is 0 Å². The summed E-state index contributed by atoms with van der Waals surface area (Å²) in [7, 11) is 0. The van der Waals surface area contributed by atoms with Crippen LogP contribution in [0.3, 0.4) is 0 Å². The van der Waals surface area contributed by atoms with Gasteiger partial charge in [0.1, 0.15) is 0 Å². The van der Waals surface area contributed by atoms with Crippen LogP contribution in [0.5, 0.6) is 0 Å². The second-order valence-corrected chi connectivity index (χ2v) is 9.78. The molecule has 0 aliphatic heterocycles. The largest absolute Gasteiger partial charge is 0.481 e. The number of rotatable bonds is 21. The van der Waals surface area contributed by atoms with Crippen LogP contribution in [0, 0.1) is 17.8 Å². The van der Waals surface area contributed by atoms with Gasteiger partial charge in [0.05, 0.1) is 43.9 Å². The molecule has 0 aromatic heterocycles. The predicted molar refractivity (Wildman–Crippen MR) is 131 cm³/mol. The van der Waals surface area contributed by atoms with E-state index in [0.717, 1.165) is 38.6 Å². The highest BCUT2D eigenvalue weighted by molar-refractivity contribution is 5.70. The second kappa shape index (κ2) is 17.6. The monoisotopic (exact) mass is 470 g/mol. The van der Waals surface area contributed by atoms with Crippen molar-refractivity contribution in [2.75, 3.05) is 26.2 Å². The van der Waals surface area contributed by atoms with Crippen LogP contribution >= 0.6 is 0 Å². The summed E-state index contributed by atoms with van der Waals surface area (Å²) in [5.74, 6) is -3.94. The third kappa shape index (κ3) is 14.8. The highest BCUT2D eigenvalue weighted by Crippen LogP contribution is 2.21. The molecule has 3 N–H and O–H groups in total. The van der Waals surface area contributed by atoms with Crippen LogP contribution in [-0.4, -0.2) is 63.9 Å². The zero-order chi connectivity index (χ0) is 25.3. The minimum absolute atomic E-state index is 0.482. The van der Waals surface area contributed by atoms with Crippen molar-refractivity contribution >= 4 is 17.9 Å². The lowest BCUT2D eigenvalue weighted by Crippen LogP contribution is -2.52. The Morgan fingerprint density at radius 2 is 1.03 bits per heavy atom. The molecule has 0 rings (SSSR count). The van der Waals surface area contributed by atoms with E-state index in [2.05, 4.69) is 19.1 Å². The Morgan fingerprint density at radius 3 is 1.39 bits per heavy atom. The molecule has 0 spiro atoms. The van der Waals surface area contributed by atoms with Crippen molar-refractivity contribution in [3.63, 3.8) is 0 Å². The van der Waals surface area contributed by atoms with Crippen LogP contribution in [-0.2, 0) is 14.4 Å². The molecule has 0 bridgehead atoms. The Labute approximate surface area is 200 Å². The van der Waals surface area contributed by atoms with Crippen molar-refractivity contribution in [2.45, 2.75) is 91.9 Å². The topological polar surface area (TPSA) is 112 Å². The number of aliphatic carboxylic acids is 3. The van der Waals surface area contributed by atoms with E-state index in [-0.39, 0.29) is 0 Å². The zero-order valence-electron chi connectivity index (χ0n) is 21.3. The molecule has 0 aliphatic rings. The Hall–Kier alpha value is -1.89. The van der Waals surface area contributed by atoms with Crippen LogP contribution in [0.4, 0.5) is 0 Å². The van der Waals surface area contributed by atoms with E-state index in [1.165, 1.54) is 12.8 Å². The second-order valence-electron chi connectivity index (χ2n) is 9.78. The number of hydrogen-bond acceptors (Lipinski definition) is 3. The van der Waals surface area contributed by atoms with Crippen LogP contribution in [0.15, 0.2) is 12.2 Å². The first-order valence-corrected chi connectivity index (χ1v) is 12.7. The number of quaternary nitrogens is 1. The summed E-state index contributed by atoms with van der Waals surface area (Å²) >= 11 is 0. The molecule has 7 heteroatoms. The average Bonchev–Trinajstić information content (AvgIpc) is 2.77. The number of carboxylic acid groups (broad SMARTS) is 3. The normalized spacial score (nSPS) is 16.2. The fourth-order valence-electron chi connectivity index (χ4n) is 3.89. The van der Waals surface area contributed by atoms with Gasteiger partial charge in [0.2, 0.25) is 0 Å². The van der Waals surface area contributed by atoms with Gasteiger partial charge in [-0.25, -0.2) is 0 Å². The lowest BCUT2D eigenvalue weighted by Gasteiger charge is -2.40. The lowest BCUT2D eigenvalue weighted by molar-refractivity contribution is -0.929. The lowest BCUT2D eigenvalue weighted by atomic mass is 10.0. The zero-order valence-corrected chi connectivity index (χ0v) is 21.3. The SMILES string of the molecule is CCCC/C=C/CCCCC[N+](CCC(C)C(=O)O)(CCC(C)C(=O)O)CCC(C)C(=O)O. The molecule has 3 unspecified atom stereocenters. The van der Waals surface area contributed by atoms with Crippen LogP contribution in [0.2, 0.25) is 0 Å². The predicted octanol–water partition coefficient (Wildman–Crippen LogP) is 5.44. The Morgan fingerprint density at radius 1 is 0.636 bits per heavy atom. The van der Waals surface area contributed by atoms with Gasteiger partial charge in [0.15, 0.2) is 0 Å². The summed E-state index contributed by atoms with van der Waals surface area (Å²) in [5.41, 5.74) is 0.